The van der Waals surface area contributed by atoms with E-state index in [0.29, 0.717) is 22.2 Å². The number of aryl methyl sites for hydroxylation is 1. The Morgan fingerprint density at radius 2 is 2.21 bits per heavy atom. The van der Waals surface area contributed by atoms with E-state index < -0.39 is 11.7 Å². The summed E-state index contributed by atoms with van der Waals surface area (Å²) < 4.78 is 21.6. The van der Waals surface area contributed by atoms with Gasteiger partial charge in [-0.2, -0.15) is 5.10 Å². The van der Waals surface area contributed by atoms with Crippen molar-refractivity contribution in [3.8, 4) is 10.6 Å². The Labute approximate surface area is 201 Å². The molecule has 0 spiro atoms. The number of nitrogens with one attached hydrogen (secondary N) is 2. The van der Waals surface area contributed by atoms with Gasteiger partial charge in [0.1, 0.15) is 21.5 Å². The summed E-state index contributed by atoms with van der Waals surface area (Å²) in [4.78, 5) is 19.8. The van der Waals surface area contributed by atoms with Crippen molar-refractivity contribution in [1.29, 1.82) is 0 Å². The molecule has 3 aromatic rings. The summed E-state index contributed by atoms with van der Waals surface area (Å²) in [7, 11) is 0. The maximum Gasteiger partial charge on any atom is 0.277 e. The molecule has 4 N–H and O–H groups in total. The summed E-state index contributed by atoms with van der Waals surface area (Å²) in [5.74, 6) is 0.453. The lowest BCUT2D eigenvalue weighted by atomic mass is 10.1. The predicted octanol–water partition coefficient (Wildman–Crippen LogP) is 2.73. The minimum absolute atomic E-state index is 0.0875. The van der Waals surface area contributed by atoms with E-state index in [0.717, 1.165) is 75.1 Å². The van der Waals surface area contributed by atoms with Crippen molar-refractivity contribution < 1.29 is 13.9 Å². The lowest BCUT2D eigenvalue weighted by molar-refractivity contribution is -0.0406. The van der Waals surface area contributed by atoms with Crippen LogP contribution in [0.4, 0.5) is 20.9 Å². The summed E-state index contributed by atoms with van der Waals surface area (Å²) in [5.41, 5.74) is 8.08. The van der Waals surface area contributed by atoms with Gasteiger partial charge in [0.15, 0.2) is 11.5 Å². The van der Waals surface area contributed by atoms with Crippen LogP contribution in [-0.4, -0.2) is 60.1 Å². The molecule has 2 saturated heterocycles. The number of nitrogens with zero attached hydrogens (tertiary/aromatic N) is 4. The number of carbonyl (C=O) groups is 1. The van der Waals surface area contributed by atoms with Crippen molar-refractivity contribution in [1.82, 2.24) is 20.1 Å². The van der Waals surface area contributed by atoms with Crippen LogP contribution in [0.1, 0.15) is 22.5 Å². The molecule has 2 aliphatic heterocycles. The molecule has 9 nitrogen and oxygen atoms in total. The van der Waals surface area contributed by atoms with Crippen LogP contribution in [-0.2, 0) is 11.3 Å². The third-order valence-corrected chi connectivity index (χ3v) is 6.98. The van der Waals surface area contributed by atoms with Gasteiger partial charge in [-0.15, -0.1) is 0 Å². The zero-order chi connectivity index (χ0) is 23.7. The number of aromatic nitrogens is 3. The van der Waals surface area contributed by atoms with Gasteiger partial charge in [-0.1, -0.05) is 23.0 Å². The quantitative estimate of drug-likeness (QED) is 0.492. The number of amides is 1. The van der Waals surface area contributed by atoms with Crippen molar-refractivity contribution >= 4 is 33.8 Å². The summed E-state index contributed by atoms with van der Waals surface area (Å²) >= 11 is 1.10. The van der Waals surface area contributed by atoms with Crippen LogP contribution < -0.4 is 21.3 Å². The van der Waals surface area contributed by atoms with Crippen molar-refractivity contribution in [2.75, 3.05) is 55.3 Å². The minimum Gasteiger partial charge on any atom is -0.389 e. The third kappa shape index (κ3) is 4.63. The Morgan fingerprint density at radius 1 is 1.35 bits per heavy atom. The number of hydrogen-bond donors (Lipinski definition) is 3. The Bertz CT molecular complexity index is 1180. The molecule has 0 aliphatic carbocycles. The second-order valence-corrected chi connectivity index (χ2v) is 9.76. The van der Waals surface area contributed by atoms with Crippen LogP contribution >= 0.6 is 11.3 Å². The smallest absolute Gasteiger partial charge is 0.277 e. The number of halogens is 1. The first-order valence-electron chi connectivity index (χ1n) is 11.4. The summed E-state index contributed by atoms with van der Waals surface area (Å²) in [6.45, 7) is 7.52. The molecule has 180 valence electrons. The van der Waals surface area contributed by atoms with Crippen molar-refractivity contribution in [2.45, 2.75) is 19.9 Å². The highest BCUT2D eigenvalue weighted by atomic mass is 32.1. The topological polar surface area (TPSA) is 110 Å². The van der Waals surface area contributed by atoms with Gasteiger partial charge in [-0.25, -0.2) is 14.1 Å². The third-order valence-electron chi connectivity index (χ3n) is 6.06. The van der Waals surface area contributed by atoms with E-state index in [9.17, 15) is 9.18 Å². The number of thiazole rings is 1. The number of hydrogen-bond acceptors (Lipinski definition) is 8. The molecule has 1 aromatic carbocycles. The van der Waals surface area contributed by atoms with Gasteiger partial charge in [0.05, 0.1) is 26.0 Å². The highest BCUT2D eigenvalue weighted by Crippen LogP contribution is 2.34. The second-order valence-electron chi connectivity index (χ2n) is 8.73. The summed E-state index contributed by atoms with van der Waals surface area (Å²) in [6, 6.07) is 4.79. The summed E-state index contributed by atoms with van der Waals surface area (Å²) in [6.07, 6.45) is 2.67. The number of ether oxygens (including phenoxy) is 1. The fourth-order valence-corrected chi connectivity index (χ4v) is 5.07. The standard InChI is InChI=1S/C23H28FN7O2S/c1-14-3-4-17(24)16(9-14)22-29-19(20(25)34-22)21(32)28-18-10-27-31(11-15-12-33-13-15)23(18)30-7-2-5-26-6-8-30/h3-4,9-10,15,26H,2,5-8,11-13,25H2,1H3,(H,28,32). The molecule has 2 aliphatic rings. The molecule has 2 aromatic heterocycles. The van der Waals surface area contributed by atoms with E-state index in [1.54, 1.807) is 18.3 Å². The lowest BCUT2D eigenvalue weighted by Gasteiger charge is -2.29. The van der Waals surface area contributed by atoms with Crippen LogP contribution in [0.2, 0.25) is 0 Å². The van der Waals surface area contributed by atoms with Crippen LogP contribution in [0.5, 0.6) is 0 Å². The molecule has 0 saturated carbocycles. The van der Waals surface area contributed by atoms with Gasteiger partial charge in [0.2, 0.25) is 0 Å². The zero-order valence-corrected chi connectivity index (χ0v) is 19.8. The molecule has 0 atom stereocenters. The van der Waals surface area contributed by atoms with E-state index in [2.05, 4.69) is 25.6 Å². The van der Waals surface area contributed by atoms with Crippen LogP contribution in [0.3, 0.4) is 0 Å². The number of rotatable bonds is 6. The van der Waals surface area contributed by atoms with E-state index in [1.807, 2.05) is 11.6 Å². The normalized spacial score (nSPS) is 16.8. The lowest BCUT2D eigenvalue weighted by Crippen LogP contribution is -2.35. The monoisotopic (exact) mass is 485 g/mol. The highest BCUT2D eigenvalue weighted by molar-refractivity contribution is 7.19. The first kappa shape index (κ1) is 22.8. The predicted molar refractivity (Wildman–Crippen MR) is 131 cm³/mol. The van der Waals surface area contributed by atoms with Gasteiger partial charge in [0, 0.05) is 31.1 Å². The second kappa shape index (κ2) is 9.69. The number of nitrogen functional groups attached to an aromatic ring is 1. The van der Waals surface area contributed by atoms with Crippen molar-refractivity contribution in [3.05, 3.63) is 41.5 Å². The van der Waals surface area contributed by atoms with Gasteiger partial charge in [0.25, 0.3) is 5.91 Å². The maximum atomic E-state index is 14.4. The zero-order valence-electron chi connectivity index (χ0n) is 19.0. The van der Waals surface area contributed by atoms with E-state index in [4.69, 9.17) is 10.5 Å². The van der Waals surface area contributed by atoms with E-state index in [-0.39, 0.29) is 10.7 Å². The van der Waals surface area contributed by atoms with Crippen LogP contribution in [0.15, 0.2) is 24.4 Å². The molecular formula is C23H28FN7O2S. The van der Waals surface area contributed by atoms with Crippen molar-refractivity contribution in [3.63, 3.8) is 0 Å². The molecular weight excluding hydrogens is 457 g/mol. The minimum atomic E-state index is -0.436. The summed E-state index contributed by atoms with van der Waals surface area (Å²) in [5, 5.41) is 11.6. The van der Waals surface area contributed by atoms with Gasteiger partial charge >= 0.3 is 0 Å². The fourth-order valence-electron chi connectivity index (χ4n) is 4.22. The molecule has 0 unspecified atom stereocenters. The molecule has 2 fully saturated rings. The van der Waals surface area contributed by atoms with Crippen molar-refractivity contribution in [2.24, 2.45) is 5.92 Å². The number of anilines is 3. The Morgan fingerprint density at radius 3 is 3.00 bits per heavy atom. The molecule has 4 heterocycles. The Kier molecular flexibility index (Phi) is 6.48. The van der Waals surface area contributed by atoms with Gasteiger partial charge in [-0.3, -0.25) is 4.79 Å². The van der Waals surface area contributed by atoms with Gasteiger partial charge < -0.3 is 26.0 Å². The molecule has 11 heteroatoms. The van der Waals surface area contributed by atoms with Gasteiger partial charge in [-0.05, 0) is 32.0 Å². The molecule has 0 radical (unpaired) electrons. The first-order chi connectivity index (χ1) is 16.5. The van der Waals surface area contributed by atoms with Crippen LogP contribution in [0.25, 0.3) is 10.6 Å². The Hall–Kier alpha value is -3.02. The maximum absolute atomic E-state index is 14.4. The molecule has 5 rings (SSSR count). The number of carbonyl (C=O) groups excluding carboxylic acids is 1. The average Bonchev–Trinajstić information content (AvgIpc) is 3.25. The highest BCUT2D eigenvalue weighted by Gasteiger charge is 2.27. The fraction of sp³-hybridized carbons (Fsp3) is 0.435. The SMILES string of the molecule is Cc1ccc(F)c(-c2nc(C(=O)Nc3cnn(CC4COC4)c3N3CCCNCC3)c(N)s2)c1. The average molecular weight is 486 g/mol. The Balaban J connectivity index is 1.42. The van der Waals surface area contributed by atoms with E-state index in [1.165, 1.54) is 6.07 Å². The molecule has 34 heavy (non-hydrogen) atoms. The number of benzene rings is 1. The largest absolute Gasteiger partial charge is 0.389 e. The van der Waals surface area contributed by atoms with Crippen LogP contribution in [0, 0.1) is 18.7 Å². The molecule has 0 bridgehead atoms. The first-order valence-corrected chi connectivity index (χ1v) is 12.2. The number of nitrogens with two attached hydrogens (primary N) is 1. The van der Waals surface area contributed by atoms with E-state index >= 15 is 0 Å². The molecule has 1 amide bonds.